The third-order valence-electron chi connectivity index (χ3n) is 3.19. The van der Waals surface area contributed by atoms with Gasteiger partial charge in [0.05, 0.1) is 11.1 Å². The first-order valence-electron chi connectivity index (χ1n) is 6.92. The van der Waals surface area contributed by atoms with Crippen LogP contribution in [0.5, 0.6) is 0 Å². The number of hydrogen-bond donors (Lipinski definition) is 1. The van der Waals surface area contributed by atoms with Crippen molar-refractivity contribution in [3.05, 3.63) is 54.2 Å². The minimum atomic E-state index is 0.245. The fourth-order valence-electron chi connectivity index (χ4n) is 2.10. The molecular weight excluding hydrogens is 401 g/mol. The number of aryl methyl sites for hydroxylation is 1. The molecule has 2 aromatic rings. The third kappa shape index (κ3) is 3.97. The van der Waals surface area contributed by atoms with E-state index in [2.05, 4.69) is 72.1 Å². The second-order valence-electron chi connectivity index (χ2n) is 4.72. The first-order valence-corrected chi connectivity index (χ1v) is 9.20. The summed E-state index contributed by atoms with van der Waals surface area (Å²) in [4.78, 5) is 2.80. The molecule has 1 N–H and O–H groups in total. The molecule has 0 fully saturated rings. The zero-order valence-electron chi connectivity index (χ0n) is 11.7. The van der Waals surface area contributed by atoms with Gasteiger partial charge in [-0.1, -0.05) is 31.5 Å². The van der Waals surface area contributed by atoms with Crippen molar-refractivity contribution in [3.8, 4) is 0 Å². The summed E-state index contributed by atoms with van der Waals surface area (Å²) in [5, 5.41) is 4.47. The number of nitrogens with one attached hydrogen (secondary N) is 1. The van der Waals surface area contributed by atoms with E-state index in [4.69, 9.17) is 11.6 Å². The van der Waals surface area contributed by atoms with Crippen molar-refractivity contribution in [2.45, 2.75) is 32.7 Å². The molecular formula is C16H19ClINS. The Balaban J connectivity index is 2.32. The minimum absolute atomic E-state index is 0.245. The van der Waals surface area contributed by atoms with Gasteiger partial charge in [-0.25, -0.2) is 0 Å². The first kappa shape index (κ1) is 16.3. The quantitative estimate of drug-likeness (QED) is 0.596. The van der Waals surface area contributed by atoms with E-state index < -0.39 is 0 Å². The molecule has 0 aliphatic carbocycles. The minimum Gasteiger partial charge on any atom is -0.306 e. The van der Waals surface area contributed by atoms with E-state index in [0.29, 0.717) is 0 Å². The SMILES string of the molecule is CCCNC(c1ccc(I)c(Cl)c1)c1ccc(CC)s1. The lowest BCUT2D eigenvalue weighted by atomic mass is 10.1. The molecule has 20 heavy (non-hydrogen) atoms. The van der Waals surface area contributed by atoms with Gasteiger partial charge in [0.15, 0.2) is 0 Å². The molecule has 0 radical (unpaired) electrons. The fourth-order valence-corrected chi connectivity index (χ4v) is 3.68. The Morgan fingerprint density at radius 3 is 2.65 bits per heavy atom. The van der Waals surface area contributed by atoms with Gasteiger partial charge in [0, 0.05) is 13.3 Å². The van der Waals surface area contributed by atoms with Crippen molar-refractivity contribution in [1.29, 1.82) is 0 Å². The Labute approximate surface area is 143 Å². The lowest BCUT2D eigenvalue weighted by Crippen LogP contribution is -2.22. The van der Waals surface area contributed by atoms with Crippen molar-refractivity contribution in [2.75, 3.05) is 6.54 Å². The van der Waals surface area contributed by atoms with Crippen LogP contribution in [0.25, 0.3) is 0 Å². The highest BCUT2D eigenvalue weighted by Gasteiger charge is 2.16. The molecule has 0 saturated heterocycles. The van der Waals surface area contributed by atoms with Crippen LogP contribution in [0.3, 0.4) is 0 Å². The molecule has 108 valence electrons. The van der Waals surface area contributed by atoms with Crippen LogP contribution in [0, 0.1) is 3.57 Å². The number of benzene rings is 1. The average molecular weight is 420 g/mol. The van der Waals surface area contributed by atoms with Gasteiger partial charge in [0.25, 0.3) is 0 Å². The zero-order chi connectivity index (χ0) is 14.5. The van der Waals surface area contributed by atoms with Crippen LogP contribution in [0.15, 0.2) is 30.3 Å². The largest absolute Gasteiger partial charge is 0.306 e. The maximum atomic E-state index is 6.28. The summed E-state index contributed by atoms with van der Waals surface area (Å²) < 4.78 is 1.10. The molecule has 4 heteroatoms. The lowest BCUT2D eigenvalue weighted by molar-refractivity contribution is 0.606. The van der Waals surface area contributed by atoms with E-state index in [-0.39, 0.29) is 6.04 Å². The van der Waals surface area contributed by atoms with E-state index >= 15 is 0 Å². The molecule has 1 heterocycles. The maximum Gasteiger partial charge on any atom is 0.0671 e. The summed E-state index contributed by atoms with van der Waals surface area (Å²) in [5.74, 6) is 0. The molecule has 0 aliphatic heterocycles. The van der Waals surface area contributed by atoms with Gasteiger partial charge in [-0.15, -0.1) is 11.3 Å². The summed E-state index contributed by atoms with van der Waals surface area (Å²) in [6.07, 6.45) is 2.22. The summed E-state index contributed by atoms with van der Waals surface area (Å²) >= 11 is 10.4. The second kappa shape index (κ2) is 7.78. The van der Waals surface area contributed by atoms with Crippen LogP contribution in [-0.4, -0.2) is 6.54 Å². The summed E-state index contributed by atoms with van der Waals surface area (Å²) in [5.41, 5.74) is 1.24. The van der Waals surface area contributed by atoms with Gasteiger partial charge in [-0.2, -0.15) is 0 Å². The fraction of sp³-hybridized carbons (Fsp3) is 0.375. The van der Waals surface area contributed by atoms with Crippen LogP contribution in [0.1, 0.15) is 41.6 Å². The van der Waals surface area contributed by atoms with Crippen molar-refractivity contribution in [3.63, 3.8) is 0 Å². The molecule has 2 rings (SSSR count). The Hall–Kier alpha value is -0.100. The molecule has 1 aromatic heterocycles. The van der Waals surface area contributed by atoms with E-state index in [1.807, 2.05) is 11.3 Å². The topological polar surface area (TPSA) is 12.0 Å². The van der Waals surface area contributed by atoms with Crippen molar-refractivity contribution >= 4 is 45.5 Å². The highest BCUT2D eigenvalue weighted by atomic mass is 127. The number of hydrogen-bond acceptors (Lipinski definition) is 2. The highest BCUT2D eigenvalue weighted by molar-refractivity contribution is 14.1. The molecule has 0 saturated carbocycles. The summed E-state index contributed by atoms with van der Waals surface area (Å²) in [6, 6.07) is 11.1. The molecule has 1 unspecified atom stereocenters. The predicted octanol–water partition coefficient (Wildman–Crippen LogP) is 5.66. The summed E-state index contributed by atoms with van der Waals surface area (Å²) in [6.45, 7) is 5.40. The normalized spacial score (nSPS) is 12.6. The lowest BCUT2D eigenvalue weighted by Gasteiger charge is -2.18. The van der Waals surface area contributed by atoms with Gasteiger partial charge in [-0.05, 0) is 71.8 Å². The van der Waals surface area contributed by atoms with Crippen molar-refractivity contribution in [2.24, 2.45) is 0 Å². The van der Waals surface area contributed by atoms with Gasteiger partial charge in [0.1, 0.15) is 0 Å². The van der Waals surface area contributed by atoms with Crippen LogP contribution >= 0.6 is 45.5 Å². The van der Waals surface area contributed by atoms with Gasteiger partial charge < -0.3 is 5.32 Å². The molecule has 1 atom stereocenters. The van der Waals surface area contributed by atoms with Crippen LogP contribution < -0.4 is 5.32 Å². The van der Waals surface area contributed by atoms with E-state index in [1.165, 1.54) is 15.3 Å². The molecule has 0 amide bonds. The molecule has 0 spiro atoms. The van der Waals surface area contributed by atoms with E-state index in [1.54, 1.807) is 0 Å². The Morgan fingerprint density at radius 2 is 2.05 bits per heavy atom. The second-order valence-corrected chi connectivity index (χ2v) is 7.49. The Bertz CT molecular complexity index is 567. The summed E-state index contributed by atoms with van der Waals surface area (Å²) in [7, 11) is 0. The average Bonchev–Trinajstić information content (AvgIpc) is 2.92. The highest BCUT2D eigenvalue weighted by Crippen LogP contribution is 2.31. The first-order chi connectivity index (χ1) is 9.65. The van der Waals surface area contributed by atoms with Crippen molar-refractivity contribution in [1.82, 2.24) is 5.32 Å². The van der Waals surface area contributed by atoms with Crippen molar-refractivity contribution < 1.29 is 0 Å². The zero-order valence-corrected chi connectivity index (χ0v) is 15.5. The van der Waals surface area contributed by atoms with Gasteiger partial charge in [0.2, 0.25) is 0 Å². The standard InChI is InChI=1S/C16H19ClINS/c1-3-9-19-16(15-8-6-12(4-2)20-15)11-5-7-14(18)13(17)10-11/h5-8,10,16,19H,3-4,9H2,1-2H3. The number of thiophene rings is 1. The monoisotopic (exact) mass is 419 g/mol. The van der Waals surface area contributed by atoms with Gasteiger partial charge in [-0.3, -0.25) is 0 Å². The predicted molar refractivity (Wildman–Crippen MR) is 98.0 cm³/mol. The molecule has 1 nitrogen and oxygen atoms in total. The maximum absolute atomic E-state index is 6.28. The molecule has 0 aliphatic rings. The smallest absolute Gasteiger partial charge is 0.0671 e. The Morgan fingerprint density at radius 1 is 1.25 bits per heavy atom. The van der Waals surface area contributed by atoms with Crippen LogP contribution in [-0.2, 0) is 6.42 Å². The van der Waals surface area contributed by atoms with E-state index in [9.17, 15) is 0 Å². The number of rotatable bonds is 6. The van der Waals surface area contributed by atoms with Crippen LogP contribution in [0.2, 0.25) is 5.02 Å². The molecule has 1 aromatic carbocycles. The van der Waals surface area contributed by atoms with Gasteiger partial charge >= 0.3 is 0 Å². The van der Waals surface area contributed by atoms with Crippen LogP contribution in [0.4, 0.5) is 0 Å². The number of halogens is 2. The third-order valence-corrected chi connectivity index (χ3v) is 6.06. The Kier molecular flexibility index (Phi) is 6.33. The van der Waals surface area contributed by atoms with E-state index in [0.717, 1.165) is 28.0 Å². The molecule has 0 bridgehead atoms.